The van der Waals surface area contributed by atoms with Gasteiger partial charge in [0.1, 0.15) is 11.8 Å². The van der Waals surface area contributed by atoms with Gasteiger partial charge in [0, 0.05) is 38.0 Å². The number of carbonyl (C=O) groups is 3. The largest absolute Gasteiger partial charge is 0.353 e. The Balaban J connectivity index is 1.52. The molecule has 3 amide bonds. The van der Waals surface area contributed by atoms with Crippen molar-refractivity contribution in [3.63, 3.8) is 0 Å². The molecule has 158 valence electrons. The second-order valence-corrected chi connectivity index (χ2v) is 9.22. The molecule has 3 fully saturated rings. The molecule has 2 aliphatic heterocycles. The normalized spacial score (nSPS) is 24.2. The molecular weight excluding hydrogens is 390 g/mol. The minimum atomic E-state index is -0.631. The molecule has 0 N–H and O–H groups in total. The number of hydrogen-bond acceptors (Lipinski definition) is 5. The number of hydrogen-bond donors (Lipinski definition) is 0. The van der Waals surface area contributed by atoms with Crippen LogP contribution in [0.4, 0.5) is 0 Å². The van der Waals surface area contributed by atoms with Gasteiger partial charge in [-0.25, -0.2) is 0 Å². The van der Waals surface area contributed by atoms with Crippen molar-refractivity contribution in [1.29, 1.82) is 0 Å². The Morgan fingerprint density at radius 1 is 1.10 bits per heavy atom. The van der Waals surface area contributed by atoms with Crippen LogP contribution in [0.25, 0.3) is 0 Å². The summed E-state index contributed by atoms with van der Waals surface area (Å²) in [6.45, 7) is 3.93. The van der Waals surface area contributed by atoms with Crippen LogP contribution in [0.1, 0.15) is 43.9 Å². The van der Waals surface area contributed by atoms with Crippen molar-refractivity contribution in [1.82, 2.24) is 14.7 Å². The summed E-state index contributed by atoms with van der Waals surface area (Å²) in [5.74, 6) is -0.0297. The Labute approximate surface area is 175 Å². The predicted octanol–water partition coefficient (Wildman–Crippen LogP) is 1.87. The maximum atomic E-state index is 13.4. The van der Waals surface area contributed by atoms with E-state index >= 15 is 0 Å². The summed E-state index contributed by atoms with van der Waals surface area (Å²) in [5.41, 5.74) is -0.631. The average Bonchev–Trinajstić information content (AvgIpc) is 3.36. The minimum absolute atomic E-state index is 0.0208. The number of amides is 3. The van der Waals surface area contributed by atoms with Crippen LogP contribution < -0.4 is 0 Å². The Morgan fingerprint density at radius 2 is 1.79 bits per heavy atom. The molecular formula is C21H29N3O4S. The molecule has 2 saturated heterocycles. The summed E-state index contributed by atoms with van der Waals surface area (Å²) in [5, 5.41) is 1.97. The molecule has 4 rings (SSSR count). The number of carbonyl (C=O) groups excluding carboxylic acids is 3. The van der Waals surface area contributed by atoms with Crippen molar-refractivity contribution in [2.24, 2.45) is 0 Å². The zero-order valence-electron chi connectivity index (χ0n) is 17.0. The van der Waals surface area contributed by atoms with Crippen LogP contribution in [0.5, 0.6) is 0 Å². The van der Waals surface area contributed by atoms with Crippen LogP contribution in [0.3, 0.4) is 0 Å². The van der Waals surface area contributed by atoms with E-state index in [2.05, 4.69) is 0 Å². The maximum absolute atomic E-state index is 13.4. The Kier molecular flexibility index (Phi) is 5.92. The van der Waals surface area contributed by atoms with Gasteiger partial charge in [0.2, 0.25) is 17.7 Å². The van der Waals surface area contributed by atoms with Gasteiger partial charge in [0.25, 0.3) is 0 Å². The maximum Gasteiger partial charge on any atom is 0.248 e. The Hall–Kier alpha value is -1.93. The lowest BCUT2D eigenvalue weighted by Crippen LogP contribution is -2.59. The highest BCUT2D eigenvalue weighted by Crippen LogP contribution is 2.41. The van der Waals surface area contributed by atoms with Crippen LogP contribution in [-0.4, -0.2) is 77.0 Å². The highest BCUT2D eigenvalue weighted by Gasteiger charge is 2.53. The summed E-state index contributed by atoms with van der Waals surface area (Å²) in [7, 11) is 0. The van der Waals surface area contributed by atoms with Gasteiger partial charge in [0.15, 0.2) is 0 Å². The van der Waals surface area contributed by atoms with Gasteiger partial charge in [-0.1, -0.05) is 12.5 Å². The molecule has 0 radical (unpaired) electrons. The number of ether oxygens (including phenoxy) is 1. The van der Waals surface area contributed by atoms with Crippen molar-refractivity contribution < 1.29 is 19.1 Å². The van der Waals surface area contributed by atoms with E-state index < -0.39 is 11.8 Å². The zero-order chi connectivity index (χ0) is 20.4. The van der Waals surface area contributed by atoms with Gasteiger partial charge in [-0.3, -0.25) is 19.3 Å². The summed E-state index contributed by atoms with van der Waals surface area (Å²) >= 11 is 1.56. The van der Waals surface area contributed by atoms with Crippen LogP contribution in [0.2, 0.25) is 0 Å². The van der Waals surface area contributed by atoms with E-state index in [9.17, 15) is 14.4 Å². The van der Waals surface area contributed by atoms with Crippen LogP contribution in [0.15, 0.2) is 17.5 Å². The summed E-state index contributed by atoms with van der Waals surface area (Å²) in [6.07, 6.45) is 5.08. The lowest BCUT2D eigenvalue weighted by atomic mass is 9.90. The molecule has 1 aliphatic carbocycles. The molecule has 1 atom stereocenters. The predicted molar refractivity (Wildman–Crippen MR) is 109 cm³/mol. The molecule has 1 aromatic heterocycles. The Bertz CT molecular complexity index is 752. The highest BCUT2D eigenvalue weighted by molar-refractivity contribution is 7.10. The molecule has 8 heteroatoms. The first-order chi connectivity index (χ1) is 14.0. The van der Waals surface area contributed by atoms with Gasteiger partial charge in [-0.2, -0.15) is 0 Å². The fourth-order valence-corrected chi connectivity index (χ4v) is 5.53. The van der Waals surface area contributed by atoms with Crippen LogP contribution in [0, 0.1) is 0 Å². The topological polar surface area (TPSA) is 70.2 Å². The quantitative estimate of drug-likeness (QED) is 0.750. The van der Waals surface area contributed by atoms with E-state index in [-0.39, 0.29) is 24.3 Å². The third-order valence-corrected chi connectivity index (χ3v) is 7.27. The molecule has 3 heterocycles. The van der Waals surface area contributed by atoms with Gasteiger partial charge in [0.05, 0.1) is 13.0 Å². The summed E-state index contributed by atoms with van der Waals surface area (Å²) in [6, 6.07) is 3.34. The van der Waals surface area contributed by atoms with E-state index in [1.54, 1.807) is 33.0 Å². The molecule has 3 aliphatic rings. The van der Waals surface area contributed by atoms with Crippen molar-refractivity contribution in [2.45, 2.75) is 57.2 Å². The molecule has 0 unspecified atom stereocenters. The molecule has 29 heavy (non-hydrogen) atoms. The fourth-order valence-electron chi connectivity index (χ4n) is 4.83. The van der Waals surface area contributed by atoms with E-state index in [0.717, 1.165) is 37.0 Å². The van der Waals surface area contributed by atoms with E-state index in [0.29, 0.717) is 32.6 Å². The number of piperazine rings is 1. The van der Waals surface area contributed by atoms with E-state index in [1.165, 1.54) is 0 Å². The lowest BCUT2D eigenvalue weighted by molar-refractivity contribution is -0.161. The van der Waals surface area contributed by atoms with Crippen molar-refractivity contribution in [3.05, 3.63) is 22.4 Å². The minimum Gasteiger partial charge on any atom is -0.353 e. The number of nitrogens with zero attached hydrogens (tertiary/aromatic N) is 3. The molecule has 7 nitrogen and oxygen atoms in total. The first-order valence-corrected chi connectivity index (χ1v) is 11.4. The third-order valence-electron chi connectivity index (χ3n) is 6.39. The molecule has 1 saturated carbocycles. The first kappa shape index (κ1) is 20.3. The Morgan fingerprint density at radius 3 is 2.41 bits per heavy atom. The van der Waals surface area contributed by atoms with Crippen LogP contribution in [-0.2, 0) is 25.5 Å². The average molecular weight is 420 g/mol. The highest BCUT2D eigenvalue weighted by atomic mass is 32.1. The summed E-state index contributed by atoms with van der Waals surface area (Å²) in [4.78, 5) is 44.6. The van der Waals surface area contributed by atoms with Gasteiger partial charge < -0.3 is 14.5 Å². The second kappa shape index (κ2) is 8.44. The standard InChI is InChI=1S/C21H29N3O4S/c1-16(25)22-9-11-23(12-10-22)20(27)18-15-28-21(7-3-2-4-8-21)24(18)19(26)14-17-6-5-13-29-17/h5-6,13,18H,2-4,7-12,14-15H2,1H3/t18-/m0/s1. The molecule has 0 aromatic carbocycles. The van der Waals surface area contributed by atoms with Gasteiger partial charge >= 0.3 is 0 Å². The van der Waals surface area contributed by atoms with E-state index in [1.807, 2.05) is 17.5 Å². The number of rotatable bonds is 3. The van der Waals surface area contributed by atoms with Crippen molar-refractivity contribution in [2.75, 3.05) is 32.8 Å². The second-order valence-electron chi connectivity index (χ2n) is 8.18. The monoisotopic (exact) mass is 419 g/mol. The van der Waals surface area contributed by atoms with Crippen molar-refractivity contribution in [3.8, 4) is 0 Å². The third kappa shape index (κ3) is 4.05. The van der Waals surface area contributed by atoms with Gasteiger partial charge in [-0.05, 0) is 37.1 Å². The zero-order valence-corrected chi connectivity index (χ0v) is 17.8. The van der Waals surface area contributed by atoms with Gasteiger partial charge in [-0.15, -0.1) is 11.3 Å². The number of thiophene rings is 1. The first-order valence-electron chi connectivity index (χ1n) is 10.5. The SMILES string of the molecule is CC(=O)N1CCN(C(=O)[C@@H]2COC3(CCCCC3)N2C(=O)Cc2cccs2)CC1. The van der Waals surface area contributed by atoms with Crippen molar-refractivity contribution >= 4 is 29.1 Å². The fraction of sp³-hybridized carbons (Fsp3) is 0.667. The molecule has 1 spiro atoms. The molecule has 1 aromatic rings. The summed E-state index contributed by atoms with van der Waals surface area (Å²) < 4.78 is 6.21. The lowest BCUT2D eigenvalue weighted by Gasteiger charge is -2.43. The van der Waals surface area contributed by atoms with Crippen LogP contribution >= 0.6 is 11.3 Å². The molecule has 0 bridgehead atoms. The smallest absolute Gasteiger partial charge is 0.248 e. The van der Waals surface area contributed by atoms with E-state index in [4.69, 9.17) is 4.74 Å².